The highest BCUT2D eigenvalue weighted by Crippen LogP contribution is 2.25. The fourth-order valence-corrected chi connectivity index (χ4v) is 1.51. The molecule has 1 aromatic carbocycles. The molecule has 18 heavy (non-hydrogen) atoms. The van der Waals surface area contributed by atoms with Gasteiger partial charge in [-0.1, -0.05) is 6.07 Å². The van der Waals surface area contributed by atoms with Gasteiger partial charge in [-0.15, -0.1) is 0 Å². The molecule has 0 aliphatic carbocycles. The molecule has 3 N–H and O–H groups in total. The number of amides is 1. The summed E-state index contributed by atoms with van der Waals surface area (Å²) >= 11 is 0. The van der Waals surface area contributed by atoms with Crippen molar-refractivity contribution >= 4 is 11.6 Å². The third kappa shape index (κ3) is 4.35. The summed E-state index contributed by atoms with van der Waals surface area (Å²) in [7, 11) is 1.56. The van der Waals surface area contributed by atoms with E-state index in [1.165, 1.54) is 6.92 Å². The van der Waals surface area contributed by atoms with Crippen molar-refractivity contribution in [3.63, 3.8) is 0 Å². The molecule has 1 aromatic rings. The Kier molecular flexibility index (Phi) is 5.61. The molecule has 0 bridgehead atoms. The maximum absolute atomic E-state index is 11.1. The molecule has 0 saturated carbocycles. The summed E-state index contributed by atoms with van der Waals surface area (Å²) in [6, 6.07) is 5.63. The number of methoxy groups -OCH3 is 1. The van der Waals surface area contributed by atoms with E-state index < -0.39 is 0 Å². The lowest BCUT2D eigenvalue weighted by atomic mass is 10.1. The van der Waals surface area contributed by atoms with Crippen LogP contribution in [0.1, 0.15) is 19.4 Å². The summed E-state index contributed by atoms with van der Waals surface area (Å²) < 4.78 is 5.17. The van der Waals surface area contributed by atoms with Gasteiger partial charge in [0.2, 0.25) is 5.91 Å². The van der Waals surface area contributed by atoms with E-state index in [2.05, 4.69) is 10.6 Å². The summed E-state index contributed by atoms with van der Waals surface area (Å²) in [5.74, 6) is 0.492. The van der Waals surface area contributed by atoms with E-state index >= 15 is 0 Å². The second-order valence-corrected chi connectivity index (χ2v) is 4.18. The average Bonchev–Trinajstić information content (AvgIpc) is 2.35. The maximum Gasteiger partial charge on any atom is 0.221 e. The van der Waals surface area contributed by atoms with E-state index in [0.29, 0.717) is 18.0 Å². The van der Waals surface area contributed by atoms with Crippen LogP contribution in [0.3, 0.4) is 0 Å². The zero-order valence-electron chi connectivity index (χ0n) is 11.0. The Morgan fingerprint density at radius 3 is 2.78 bits per heavy atom. The van der Waals surface area contributed by atoms with Crippen molar-refractivity contribution in [2.45, 2.75) is 26.4 Å². The fourth-order valence-electron chi connectivity index (χ4n) is 1.51. The van der Waals surface area contributed by atoms with Crippen LogP contribution in [-0.4, -0.2) is 30.8 Å². The number of aliphatic hydroxyl groups is 1. The number of rotatable bonds is 6. The van der Waals surface area contributed by atoms with E-state index in [9.17, 15) is 4.79 Å². The van der Waals surface area contributed by atoms with Crippen molar-refractivity contribution in [1.82, 2.24) is 5.32 Å². The van der Waals surface area contributed by atoms with Gasteiger partial charge >= 0.3 is 0 Å². The average molecular weight is 252 g/mol. The fraction of sp³-hybridized carbons (Fsp3) is 0.462. The van der Waals surface area contributed by atoms with Gasteiger partial charge in [0.1, 0.15) is 5.75 Å². The number of benzene rings is 1. The highest BCUT2D eigenvalue weighted by atomic mass is 16.5. The Morgan fingerprint density at radius 1 is 1.50 bits per heavy atom. The Balaban J connectivity index is 2.78. The van der Waals surface area contributed by atoms with Crippen LogP contribution < -0.4 is 15.4 Å². The Hall–Kier alpha value is -1.59. The Morgan fingerprint density at radius 2 is 2.22 bits per heavy atom. The first-order chi connectivity index (χ1) is 8.56. The molecule has 1 amide bonds. The third-order valence-electron chi connectivity index (χ3n) is 2.50. The van der Waals surface area contributed by atoms with Crippen LogP contribution in [0.2, 0.25) is 0 Å². The number of anilines is 1. The minimum Gasteiger partial charge on any atom is -0.495 e. The number of ether oxygens (including phenoxy) is 1. The zero-order valence-corrected chi connectivity index (χ0v) is 11.0. The van der Waals surface area contributed by atoms with Crippen LogP contribution in [0.5, 0.6) is 5.75 Å². The van der Waals surface area contributed by atoms with Crippen molar-refractivity contribution in [2.75, 3.05) is 19.0 Å². The van der Waals surface area contributed by atoms with Crippen molar-refractivity contribution in [2.24, 2.45) is 0 Å². The highest BCUT2D eigenvalue weighted by molar-refractivity contribution is 5.90. The molecular formula is C13H20N2O3. The molecule has 5 nitrogen and oxygen atoms in total. The molecule has 0 aliphatic heterocycles. The molecule has 0 aromatic heterocycles. The van der Waals surface area contributed by atoms with E-state index in [4.69, 9.17) is 9.84 Å². The summed E-state index contributed by atoms with van der Waals surface area (Å²) in [6.45, 7) is 4.07. The molecule has 1 unspecified atom stereocenters. The number of carbonyl (C=O) groups is 1. The van der Waals surface area contributed by atoms with Crippen LogP contribution in [0.15, 0.2) is 18.2 Å². The summed E-state index contributed by atoms with van der Waals surface area (Å²) in [5.41, 5.74) is 1.67. The van der Waals surface area contributed by atoms with Crippen LogP contribution in [0.4, 0.5) is 5.69 Å². The minimum atomic E-state index is -0.137. The topological polar surface area (TPSA) is 70.6 Å². The molecule has 0 heterocycles. The molecule has 1 rings (SSSR count). The molecule has 5 heteroatoms. The van der Waals surface area contributed by atoms with Gasteiger partial charge < -0.3 is 20.5 Å². The normalized spacial score (nSPS) is 12.0. The predicted octanol–water partition coefficient (Wildman–Crippen LogP) is 1.12. The standard InChI is InChI=1S/C13H20N2O3/c1-9(8-16)14-7-11-4-5-13(18-3)12(6-11)15-10(2)17/h4-6,9,14,16H,7-8H2,1-3H3,(H,15,17). The van der Waals surface area contributed by atoms with Gasteiger partial charge in [0, 0.05) is 19.5 Å². The van der Waals surface area contributed by atoms with Gasteiger partial charge in [-0.2, -0.15) is 0 Å². The lowest BCUT2D eigenvalue weighted by Crippen LogP contribution is -2.28. The molecule has 0 saturated heterocycles. The smallest absolute Gasteiger partial charge is 0.221 e. The maximum atomic E-state index is 11.1. The van der Waals surface area contributed by atoms with Crippen molar-refractivity contribution in [3.05, 3.63) is 23.8 Å². The summed E-state index contributed by atoms with van der Waals surface area (Å²) in [4.78, 5) is 11.1. The van der Waals surface area contributed by atoms with Crippen LogP contribution in [-0.2, 0) is 11.3 Å². The quantitative estimate of drug-likeness (QED) is 0.709. The van der Waals surface area contributed by atoms with Gasteiger partial charge in [0.05, 0.1) is 19.4 Å². The number of carbonyl (C=O) groups excluding carboxylic acids is 1. The largest absolute Gasteiger partial charge is 0.495 e. The molecule has 1 atom stereocenters. The Labute approximate surface area is 107 Å². The SMILES string of the molecule is COc1ccc(CNC(C)CO)cc1NC(C)=O. The summed E-state index contributed by atoms with van der Waals surface area (Å²) in [6.07, 6.45) is 0. The predicted molar refractivity (Wildman–Crippen MR) is 70.7 cm³/mol. The highest BCUT2D eigenvalue weighted by Gasteiger charge is 2.06. The van der Waals surface area contributed by atoms with E-state index in [0.717, 1.165) is 5.56 Å². The zero-order chi connectivity index (χ0) is 13.5. The second-order valence-electron chi connectivity index (χ2n) is 4.18. The van der Waals surface area contributed by atoms with Crippen molar-refractivity contribution in [1.29, 1.82) is 0 Å². The molecule has 0 fully saturated rings. The van der Waals surface area contributed by atoms with E-state index in [1.54, 1.807) is 7.11 Å². The van der Waals surface area contributed by atoms with E-state index in [1.807, 2.05) is 25.1 Å². The summed E-state index contributed by atoms with van der Waals surface area (Å²) in [5, 5.41) is 14.8. The van der Waals surface area contributed by atoms with Gasteiger partial charge in [-0.25, -0.2) is 0 Å². The van der Waals surface area contributed by atoms with Gasteiger partial charge in [-0.05, 0) is 24.6 Å². The number of hydrogen-bond acceptors (Lipinski definition) is 4. The van der Waals surface area contributed by atoms with Crippen molar-refractivity contribution in [3.8, 4) is 5.75 Å². The lowest BCUT2D eigenvalue weighted by molar-refractivity contribution is -0.114. The molecular weight excluding hydrogens is 232 g/mol. The number of aliphatic hydroxyl groups excluding tert-OH is 1. The molecule has 0 spiro atoms. The van der Waals surface area contributed by atoms with E-state index in [-0.39, 0.29) is 18.6 Å². The minimum absolute atomic E-state index is 0.0383. The second kappa shape index (κ2) is 6.98. The Bertz CT molecular complexity index is 407. The van der Waals surface area contributed by atoms with Crippen LogP contribution >= 0.6 is 0 Å². The number of nitrogens with one attached hydrogen (secondary N) is 2. The lowest BCUT2D eigenvalue weighted by Gasteiger charge is -2.13. The first-order valence-electron chi connectivity index (χ1n) is 5.85. The molecule has 100 valence electrons. The van der Waals surface area contributed by atoms with Gasteiger partial charge in [-0.3, -0.25) is 4.79 Å². The van der Waals surface area contributed by atoms with Gasteiger partial charge in [0.25, 0.3) is 0 Å². The third-order valence-corrected chi connectivity index (χ3v) is 2.50. The van der Waals surface area contributed by atoms with Crippen LogP contribution in [0, 0.1) is 0 Å². The van der Waals surface area contributed by atoms with Crippen LogP contribution in [0.25, 0.3) is 0 Å². The van der Waals surface area contributed by atoms with Gasteiger partial charge in [0.15, 0.2) is 0 Å². The molecule has 0 aliphatic rings. The first kappa shape index (κ1) is 14.5. The molecule has 0 radical (unpaired) electrons. The number of hydrogen-bond donors (Lipinski definition) is 3. The monoisotopic (exact) mass is 252 g/mol. The first-order valence-corrected chi connectivity index (χ1v) is 5.85. The van der Waals surface area contributed by atoms with Crippen molar-refractivity contribution < 1.29 is 14.6 Å².